The van der Waals surface area contributed by atoms with E-state index < -0.39 is 4.92 Å². The number of benzene rings is 1. The van der Waals surface area contributed by atoms with Crippen LogP contribution in [0.4, 0.5) is 11.4 Å². The Labute approximate surface area is 124 Å². The van der Waals surface area contributed by atoms with Crippen molar-refractivity contribution in [1.82, 2.24) is 5.32 Å². The van der Waals surface area contributed by atoms with Crippen LogP contribution in [0.5, 0.6) is 0 Å². The molecule has 0 fully saturated rings. The molecule has 0 atom stereocenters. The second-order valence-corrected chi connectivity index (χ2v) is 4.62. The second-order valence-electron chi connectivity index (χ2n) is 3.81. The van der Waals surface area contributed by atoms with Crippen molar-refractivity contribution in [3.05, 3.63) is 57.5 Å². The molecule has 0 unspecified atom stereocenters. The Morgan fingerprint density at radius 1 is 1.45 bits per heavy atom. The maximum Gasteiger partial charge on any atom is 0.271 e. The molecule has 1 aromatic heterocycles. The van der Waals surface area contributed by atoms with Gasteiger partial charge < -0.3 is 15.1 Å². The predicted octanol–water partition coefficient (Wildman–Crippen LogP) is 3.33. The van der Waals surface area contributed by atoms with E-state index in [0.717, 1.165) is 5.76 Å². The second kappa shape index (κ2) is 6.36. The molecule has 20 heavy (non-hydrogen) atoms. The number of thiocarbonyl (C=S) groups is 1. The van der Waals surface area contributed by atoms with Gasteiger partial charge in [-0.3, -0.25) is 10.1 Å². The Kier molecular flexibility index (Phi) is 4.54. The number of nitro benzene ring substituents is 1. The summed E-state index contributed by atoms with van der Waals surface area (Å²) in [5, 5.41) is 17.0. The summed E-state index contributed by atoms with van der Waals surface area (Å²) in [5.74, 6) is 0.740. The SMILES string of the molecule is O=[N+]([O-])c1ccc(NC(=S)NCc2ccco2)c(Cl)c1. The van der Waals surface area contributed by atoms with Crippen LogP contribution >= 0.6 is 23.8 Å². The predicted molar refractivity (Wildman–Crippen MR) is 79.9 cm³/mol. The lowest BCUT2D eigenvalue weighted by atomic mass is 10.3. The van der Waals surface area contributed by atoms with Crippen LogP contribution in [0.2, 0.25) is 5.02 Å². The molecule has 1 heterocycles. The van der Waals surface area contributed by atoms with Gasteiger partial charge in [0.15, 0.2) is 5.11 Å². The Morgan fingerprint density at radius 2 is 2.25 bits per heavy atom. The van der Waals surface area contributed by atoms with E-state index in [2.05, 4.69) is 10.6 Å². The highest BCUT2D eigenvalue weighted by Crippen LogP contribution is 2.26. The summed E-state index contributed by atoms with van der Waals surface area (Å²) in [4.78, 5) is 10.1. The Hall–Kier alpha value is -2.12. The van der Waals surface area contributed by atoms with E-state index in [-0.39, 0.29) is 10.7 Å². The summed E-state index contributed by atoms with van der Waals surface area (Å²) in [5.41, 5.74) is 0.421. The minimum atomic E-state index is -0.511. The summed E-state index contributed by atoms with van der Waals surface area (Å²) in [6.07, 6.45) is 1.57. The molecule has 2 aromatic rings. The van der Waals surface area contributed by atoms with Crippen molar-refractivity contribution >= 4 is 40.3 Å². The zero-order valence-corrected chi connectivity index (χ0v) is 11.7. The van der Waals surface area contributed by atoms with E-state index in [1.54, 1.807) is 12.3 Å². The number of non-ortho nitro benzene ring substituents is 1. The molecular formula is C12H10ClN3O3S. The standard InChI is InChI=1S/C12H10ClN3O3S/c13-10-6-8(16(17)18)3-4-11(10)15-12(20)14-7-9-2-1-5-19-9/h1-6H,7H2,(H2,14,15,20). The maximum absolute atomic E-state index is 10.6. The van der Waals surface area contributed by atoms with Crippen LogP contribution in [0.1, 0.15) is 5.76 Å². The number of nitro groups is 1. The monoisotopic (exact) mass is 311 g/mol. The molecule has 0 aliphatic rings. The number of halogens is 1. The molecule has 0 bridgehead atoms. The van der Waals surface area contributed by atoms with E-state index in [4.69, 9.17) is 28.2 Å². The molecule has 8 heteroatoms. The van der Waals surface area contributed by atoms with Gasteiger partial charge in [-0.2, -0.15) is 0 Å². The Bertz CT molecular complexity index is 631. The third kappa shape index (κ3) is 3.69. The first-order valence-electron chi connectivity index (χ1n) is 5.57. The van der Waals surface area contributed by atoms with Crippen LogP contribution in [0.15, 0.2) is 41.0 Å². The smallest absolute Gasteiger partial charge is 0.271 e. The van der Waals surface area contributed by atoms with Gasteiger partial charge in [-0.05, 0) is 30.4 Å². The Balaban J connectivity index is 1.95. The number of hydrogen-bond acceptors (Lipinski definition) is 4. The first-order chi connectivity index (χ1) is 9.56. The van der Waals surface area contributed by atoms with Crippen LogP contribution in [0.3, 0.4) is 0 Å². The summed E-state index contributed by atoms with van der Waals surface area (Å²) in [6.45, 7) is 0.434. The fraction of sp³-hybridized carbons (Fsp3) is 0.0833. The molecule has 0 saturated carbocycles. The summed E-state index contributed by atoms with van der Waals surface area (Å²) < 4.78 is 5.15. The van der Waals surface area contributed by atoms with Gasteiger partial charge in [-0.15, -0.1) is 0 Å². The topological polar surface area (TPSA) is 80.3 Å². The van der Waals surface area contributed by atoms with Crippen LogP contribution in [0, 0.1) is 10.1 Å². The number of anilines is 1. The number of furan rings is 1. The minimum absolute atomic E-state index is 0.0741. The van der Waals surface area contributed by atoms with Gasteiger partial charge in [0.2, 0.25) is 0 Å². The third-order valence-corrected chi connectivity index (χ3v) is 2.97. The molecule has 1 aromatic carbocycles. The zero-order chi connectivity index (χ0) is 14.5. The minimum Gasteiger partial charge on any atom is -0.467 e. The van der Waals surface area contributed by atoms with Crippen LogP contribution in [-0.4, -0.2) is 10.0 Å². The molecular weight excluding hydrogens is 302 g/mol. The van der Waals surface area contributed by atoms with Crippen molar-refractivity contribution in [1.29, 1.82) is 0 Å². The maximum atomic E-state index is 10.6. The molecule has 104 valence electrons. The van der Waals surface area contributed by atoms with Crippen molar-refractivity contribution in [3.8, 4) is 0 Å². The van der Waals surface area contributed by atoms with E-state index in [0.29, 0.717) is 17.3 Å². The molecule has 0 amide bonds. The van der Waals surface area contributed by atoms with Gasteiger partial charge in [0.25, 0.3) is 5.69 Å². The third-order valence-electron chi connectivity index (χ3n) is 2.41. The molecule has 0 saturated heterocycles. The summed E-state index contributed by atoms with van der Waals surface area (Å²) in [7, 11) is 0. The van der Waals surface area contributed by atoms with Gasteiger partial charge in [-0.25, -0.2) is 0 Å². The average Bonchev–Trinajstić information content (AvgIpc) is 2.91. The van der Waals surface area contributed by atoms with Gasteiger partial charge in [0.05, 0.1) is 28.4 Å². The Morgan fingerprint density at radius 3 is 2.85 bits per heavy atom. The first-order valence-corrected chi connectivity index (χ1v) is 6.36. The lowest BCUT2D eigenvalue weighted by Gasteiger charge is -2.10. The van der Waals surface area contributed by atoms with E-state index in [1.165, 1.54) is 18.2 Å². The van der Waals surface area contributed by atoms with Crippen LogP contribution < -0.4 is 10.6 Å². The van der Waals surface area contributed by atoms with E-state index in [1.807, 2.05) is 6.07 Å². The van der Waals surface area contributed by atoms with Crippen molar-refractivity contribution < 1.29 is 9.34 Å². The summed E-state index contributed by atoms with van der Waals surface area (Å²) in [6, 6.07) is 7.71. The molecule has 0 radical (unpaired) electrons. The molecule has 0 aliphatic heterocycles. The summed E-state index contributed by atoms with van der Waals surface area (Å²) >= 11 is 11.0. The molecule has 0 spiro atoms. The highest BCUT2D eigenvalue weighted by Gasteiger charge is 2.10. The highest BCUT2D eigenvalue weighted by atomic mass is 35.5. The van der Waals surface area contributed by atoms with Crippen molar-refractivity contribution in [2.45, 2.75) is 6.54 Å². The molecule has 0 aliphatic carbocycles. The number of nitrogens with zero attached hydrogens (tertiary/aromatic N) is 1. The largest absolute Gasteiger partial charge is 0.467 e. The van der Waals surface area contributed by atoms with Crippen molar-refractivity contribution in [3.63, 3.8) is 0 Å². The van der Waals surface area contributed by atoms with Gasteiger partial charge in [0, 0.05) is 12.1 Å². The first kappa shape index (κ1) is 14.3. The van der Waals surface area contributed by atoms with Crippen LogP contribution in [-0.2, 0) is 6.54 Å². The van der Waals surface area contributed by atoms with Gasteiger partial charge >= 0.3 is 0 Å². The fourth-order valence-corrected chi connectivity index (χ4v) is 1.87. The molecule has 2 N–H and O–H groups in total. The lowest BCUT2D eigenvalue weighted by Crippen LogP contribution is -2.27. The number of rotatable bonds is 4. The van der Waals surface area contributed by atoms with Crippen molar-refractivity contribution in [2.24, 2.45) is 0 Å². The van der Waals surface area contributed by atoms with Gasteiger partial charge in [-0.1, -0.05) is 11.6 Å². The normalized spacial score (nSPS) is 10.1. The average molecular weight is 312 g/mol. The van der Waals surface area contributed by atoms with E-state index in [9.17, 15) is 10.1 Å². The zero-order valence-electron chi connectivity index (χ0n) is 10.1. The molecule has 2 rings (SSSR count). The van der Waals surface area contributed by atoms with Gasteiger partial charge in [0.1, 0.15) is 5.76 Å². The fourth-order valence-electron chi connectivity index (χ4n) is 1.47. The van der Waals surface area contributed by atoms with Crippen molar-refractivity contribution in [2.75, 3.05) is 5.32 Å². The van der Waals surface area contributed by atoms with E-state index >= 15 is 0 Å². The molecule has 6 nitrogen and oxygen atoms in total. The highest BCUT2D eigenvalue weighted by molar-refractivity contribution is 7.80. The lowest BCUT2D eigenvalue weighted by molar-refractivity contribution is -0.384. The number of nitrogens with one attached hydrogen (secondary N) is 2. The number of hydrogen-bond donors (Lipinski definition) is 2. The quantitative estimate of drug-likeness (QED) is 0.512. The van der Waals surface area contributed by atoms with Crippen LogP contribution in [0.25, 0.3) is 0 Å².